The molecule has 45 heavy (non-hydrogen) atoms. The van der Waals surface area contributed by atoms with Crippen molar-refractivity contribution < 1.29 is 24.5 Å². The zero-order valence-electron chi connectivity index (χ0n) is 26.8. The van der Waals surface area contributed by atoms with Crippen LogP contribution in [-0.2, 0) is 33.6 Å². The second-order valence-electron chi connectivity index (χ2n) is 12.7. The maximum absolute atomic E-state index is 5.83. The molecule has 0 aliphatic rings. The van der Waals surface area contributed by atoms with Crippen molar-refractivity contribution in [2.24, 2.45) is 13.0 Å². The van der Waals surface area contributed by atoms with E-state index in [9.17, 15) is 0 Å². The molecule has 2 aromatic carbocycles. The van der Waals surface area contributed by atoms with Crippen LogP contribution in [0.2, 0.25) is 17.3 Å². The van der Waals surface area contributed by atoms with Crippen LogP contribution in [0.5, 0.6) is 0 Å². The van der Waals surface area contributed by atoms with E-state index in [1.54, 1.807) is 10.6 Å². The van der Waals surface area contributed by atoms with Crippen LogP contribution < -0.4 is 4.40 Å². The van der Waals surface area contributed by atoms with Crippen molar-refractivity contribution in [1.82, 2.24) is 24.5 Å². The topological polar surface area (TPSA) is 69.6 Å². The van der Waals surface area contributed by atoms with E-state index in [-0.39, 0.29) is 20.1 Å². The number of aryl methyl sites for hydroxylation is 2. The molecule has 0 bridgehead atoms. The number of hydrogen-bond donors (Lipinski definition) is 0. The van der Waals surface area contributed by atoms with Crippen molar-refractivity contribution in [3.8, 4) is 22.6 Å². The average molecular weight is 833 g/mol. The first-order valence-electron chi connectivity index (χ1n) is 15.0. The second-order valence-corrected chi connectivity index (χ2v) is 23.3. The number of nitrogens with zero attached hydrogens (tertiary/aromatic N) is 5. The predicted molar refractivity (Wildman–Crippen MR) is 183 cm³/mol. The van der Waals surface area contributed by atoms with Gasteiger partial charge in [-0.05, 0) is 25.1 Å². The molecule has 7 aromatic rings. The maximum atomic E-state index is 5.83. The fraction of sp³-hybridized carbons (Fsp3) is 0.243. The molecule has 5 aromatic heterocycles. The summed E-state index contributed by atoms with van der Waals surface area (Å²) in [5.41, 5.74) is 8.85. The smallest absolute Gasteiger partial charge is 0.216 e. The molecule has 0 saturated heterocycles. The molecular weight excluding hydrogens is 795 g/mol. The summed E-state index contributed by atoms with van der Waals surface area (Å²) >= 11 is -1.86. The third-order valence-corrected chi connectivity index (χ3v) is 12.1. The fourth-order valence-electron chi connectivity index (χ4n) is 5.58. The maximum Gasteiger partial charge on any atom is 0.216 e. The third-order valence-electron chi connectivity index (χ3n) is 7.74. The zero-order valence-corrected chi connectivity index (χ0v) is 31.3. The average Bonchev–Trinajstić information content (AvgIpc) is 3.53. The molecule has 0 fully saturated rings. The van der Waals surface area contributed by atoms with E-state index in [0.717, 1.165) is 62.1 Å². The van der Waals surface area contributed by atoms with Crippen molar-refractivity contribution in [3.05, 3.63) is 103 Å². The molecular formula is C37H37GeIrN5O-2. The van der Waals surface area contributed by atoms with Crippen LogP contribution in [0.1, 0.15) is 25.1 Å². The first-order valence-corrected chi connectivity index (χ1v) is 22.4. The van der Waals surface area contributed by atoms with Gasteiger partial charge in [-0.15, -0.1) is 23.8 Å². The number of furan rings is 1. The van der Waals surface area contributed by atoms with Crippen LogP contribution in [0.25, 0.3) is 55.7 Å². The van der Waals surface area contributed by atoms with Crippen LogP contribution in [0, 0.1) is 25.0 Å². The number of aromatic nitrogens is 5. The molecule has 231 valence electrons. The number of fused-ring (bicyclic) bond motifs is 4. The number of rotatable bonds is 5. The van der Waals surface area contributed by atoms with Crippen LogP contribution in [-0.4, -0.2) is 37.8 Å². The second kappa shape index (κ2) is 13.4. The summed E-state index contributed by atoms with van der Waals surface area (Å²) in [6.07, 6.45) is 6.85. The van der Waals surface area contributed by atoms with Crippen LogP contribution in [0.3, 0.4) is 0 Å². The van der Waals surface area contributed by atoms with E-state index in [0.29, 0.717) is 11.6 Å². The summed E-state index contributed by atoms with van der Waals surface area (Å²) in [5.74, 6) is 8.85. The first kappa shape index (κ1) is 32.7. The van der Waals surface area contributed by atoms with Gasteiger partial charge in [0, 0.05) is 44.4 Å². The Morgan fingerprint density at radius 1 is 0.933 bits per heavy atom. The Kier molecular flexibility index (Phi) is 9.73. The van der Waals surface area contributed by atoms with Crippen molar-refractivity contribution in [2.45, 2.75) is 44.5 Å². The molecule has 8 heteroatoms. The summed E-state index contributed by atoms with van der Waals surface area (Å²) in [6, 6.07) is 26.8. The van der Waals surface area contributed by atoms with Crippen molar-refractivity contribution >= 4 is 50.8 Å². The molecule has 5 heterocycles. The molecule has 6 nitrogen and oxygen atoms in total. The van der Waals surface area contributed by atoms with Crippen molar-refractivity contribution in [3.63, 3.8) is 0 Å². The summed E-state index contributed by atoms with van der Waals surface area (Å²) in [6.45, 7) is 6.53. The minimum absolute atomic E-state index is 0. The van der Waals surface area contributed by atoms with Crippen LogP contribution >= 0.6 is 0 Å². The number of imidazole rings is 1. The molecule has 7 rings (SSSR count). The Labute approximate surface area is 281 Å². The Hall–Kier alpha value is -3.65. The van der Waals surface area contributed by atoms with E-state index < -0.39 is 13.3 Å². The van der Waals surface area contributed by atoms with Crippen molar-refractivity contribution in [1.29, 1.82) is 0 Å². The standard InChI is InChI=1S/C19H13N4O.C18H24GeN.Ir/c1-11-3-5-13-14-9-12(4-6-17(14)24-19(13)21-11)18-22-15-7-8-20-10-16(15)23(18)2;1-14(2)11-16-12-18(15-9-7-6-8-10-15)20-13-17(16)19(3,4)5;/h3,5-10H,1-2H3;6-9,12-14H,11H2,1-5H3;/q2*-1;. The normalized spacial score (nSPS) is 11.6. The Morgan fingerprint density at radius 2 is 1.76 bits per heavy atom. The summed E-state index contributed by atoms with van der Waals surface area (Å²) < 4.78 is 9.41. The van der Waals surface area contributed by atoms with Crippen LogP contribution in [0.15, 0.2) is 83.7 Å². The van der Waals surface area contributed by atoms with Gasteiger partial charge in [-0.3, -0.25) is 9.97 Å². The molecule has 0 saturated carbocycles. The molecule has 0 spiro atoms. The SMILES string of the molecule is CC(C)Cc1cc(-c2[c-]cccc2)nc[c]1[Ge]([CH3])([CH3])[CH3].Cc1ccc2c(n1)oc1c[c-]c(-c3nc4ccncc4n3C)cc12.[Ir]. The van der Waals surface area contributed by atoms with Crippen molar-refractivity contribution in [2.75, 3.05) is 0 Å². The summed E-state index contributed by atoms with van der Waals surface area (Å²) in [4.78, 5) is 18.0. The van der Waals surface area contributed by atoms with E-state index in [1.807, 2.05) is 67.2 Å². The largest absolute Gasteiger partial charge is 0.486 e. The van der Waals surface area contributed by atoms with Gasteiger partial charge in [0.15, 0.2) is 0 Å². The van der Waals surface area contributed by atoms with Gasteiger partial charge >= 0.3 is 126 Å². The van der Waals surface area contributed by atoms with Gasteiger partial charge in [0.2, 0.25) is 5.71 Å². The predicted octanol–water partition coefficient (Wildman–Crippen LogP) is 8.33. The van der Waals surface area contributed by atoms with E-state index in [2.05, 4.69) is 77.6 Å². The Bertz CT molecular complexity index is 2090. The minimum Gasteiger partial charge on any atom is -0.486 e. The molecule has 0 unspecified atom stereocenters. The van der Waals surface area contributed by atoms with Gasteiger partial charge in [-0.2, -0.15) is 0 Å². The molecule has 0 atom stereocenters. The monoisotopic (exact) mass is 834 g/mol. The van der Waals surface area contributed by atoms with Gasteiger partial charge in [-0.25, -0.2) is 4.98 Å². The number of pyridine rings is 3. The van der Waals surface area contributed by atoms with E-state index in [4.69, 9.17) is 14.4 Å². The summed E-state index contributed by atoms with van der Waals surface area (Å²) in [5, 5.41) is 2.03. The van der Waals surface area contributed by atoms with Gasteiger partial charge < -0.3 is 8.98 Å². The van der Waals surface area contributed by atoms with Gasteiger partial charge in [0.05, 0.1) is 28.6 Å². The minimum atomic E-state index is -1.86. The molecule has 0 aliphatic heterocycles. The van der Waals surface area contributed by atoms with Gasteiger partial charge in [0.1, 0.15) is 0 Å². The van der Waals surface area contributed by atoms with Gasteiger partial charge in [-0.1, -0.05) is 5.39 Å². The van der Waals surface area contributed by atoms with E-state index >= 15 is 0 Å². The van der Waals surface area contributed by atoms with Crippen LogP contribution in [0.4, 0.5) is 0 Å². The summed E-state index contributed by atoms with van der Waals surface area (Å²) in [7, 11) is 1.99. The Morgan fingerprint density at radius 3 is 2.47 bits per heavy atom. The quantitative estimate of drug-likeness (QED) is 0.129. The van der Waals surface area contributed by atoms with E-state index in [1.165, 1.54) is 5.56 Å². The fourth-order valence-corrected chi connectivity index (χ4v) is 8.91. The molecule has 0 aliphatic carbocycles. The number of benzene rings is 2. The zero-order chi connectivity index (χ0) is 31.0. The van der Waals surface area contributed by atoms with Gasteiger partial charge in [0.25, 0.3) is 0 Å². The molecule has 0 N–H and O–H groups in total. The molecule has 1 radical (unpaired) electrons. The molecule has 0 amide bonds. The number of hydrogen-bond acceptors (Lipinski definition) is 5. The third kappa shape index (κ3) is 6.96. The first-order chi connectivity index (χ1) is 21.1. The Balaban J connectivity index is 0.000000177.